The molecule has 0 spiro atoms. The normalized spacial score (nSPS) is 19.8. The van der Waals surface area contributed by atoms with Gasteiger partial charge in [-0.1, -0.05) is 23.7 Å². The average Bonchev–Trinajstić information content (AvgIpc) is 3.44. The van der Waals surface area contributed by atoms with Gasteiger partial charge in [-0.05, 0) is 48.9 Å². The summed E-state index contributed by atoms with van der Waals surface area (Å²) < 4.78 is 19.5. The first-order valence-electron chi connectivity index (χ1n) is 10.5. The Morgan fingerprint density at radius 2 is 2.13 bits per heavy atom. The zero-order chi connectivity index (χ0) is 21.5. The number of halogens is 1. The summed E-state index contributed by atoms with van der Waals surface area (Å²) in [5.74, 6) is 2.67. The van der Waals surface area contributed by atoms with Crippen LogP contribution in [0.2, 0.25) is 5.02 Å². The summed E-state index contributed by atoms with van der Waals surface area (Å²) in [6.45, 7) is 3.12. The highest BCUT2D eigenvalue weighted by Gasteiger charge is 2.30. The van der Waals surface area contributed by atoms with E-state index in [1.54, 1.807) is 0 Å². The van der Waals surface area contributed by atoms with Gasteiger partial charge in [-0.25, -0.2) is 0 Å². The van der Waals surface area contributed by atoms with Gasteiger partial charge >= 0.3 is 0 Å². The van der Waals surface area contributed by atoms with Crippen LogP contribution in [0, 0.1) is 12.8 Å². The topological polar surface area (TPSA) is 77.1 Å². The van der Waals surface area contributed by atoms with Crippen molar-refractivity contribution in [2.24, 2.45) is 5.92 Å². The van der Waals surface area contributed by atoms with E-state index >= 15 is 0 Å². The molecule has 1 aliphatic carbocycles. The molecule has 8 heteroatoms. The van der Waals surface area contributed by atoms with Crippen LogP contribution in [0.3, 0.4) is 0 Å². The van der Waals surface area contributed by atoms with Crippen molar-refractivity contribution in [3.63, 3.8) is 0 Å². The predicted molar refractivity (Wildman–Crippen MR) is 121 cm³/mol. The zero-order valence-corrected chi connectivity index (χ0v) is 18.9. The van der Waals surface area contributed by atoms with Crippen LogP contribution in [0.25, 0.3) is 11.3 Å². The second kappa shape index (κ2) is 8.28. The standard InChI is InChI=1S/C23H24ClN3O3S/c1-14-20-19(30-22(14)23(28)25-10-16-8-9-31(29)13-16)7-4-17-12-27(26-21(17)20)11-15-2-5-18(24)6-3-15/h2-3,5-6,12,16H,4,7-11,13H2,1H3,(H,25,28). The number of aryl methyl sites for hydroxylation is 2. The number of nitrogens with one attached hydrogen (secondary N) is 1. The number of rotatable bonds is 5. The van der Waals surface area contributed by atoms with Crippen molar-refractivity contribution in [1.29, 1.82) is 0 Å². The van der Waals surface area contributed by atoms with Gasteiger partial charge in [0.05, 0.1) is 12.2 Å². The van der Waals surface area contributed by atoms with E-state index in [2.05, 4.69) is 11.5 Å². The minimum absolute atomic E-state index is 0.202. The minimum atomic E-state index is -0.741. The number of nitrogens with zero attached hydrogens (tertiary/aromatic N) is 2. The molecular formula is C23H24ClN3O3S. The van der Waals surface area contributed by atoms with Crippen LogP contribution in [0.5, 0.6) is 0 Å². The van der Waals surface area contributed by atoms with E-state index in [-0.39, 0.29) is 11.8 Å². The highest BCUT2D eigenvalue weighted by atomic mass is 35.5. The molecule has 0 radical (unpaired) electrons. The molecule has 31 heavy (non-hydrogen) atoms. The highest BCUT2D eigenvalue weighted by Crippen LogP contribution is 2.38. The Hall–Kier alpha value is -2.38. The van der Waals surface area contributed by atoms with E-state index in [4.69, 9.17) is 21.1 Å². The minimum Gasteiger partial charge on any atom is -0.455 e. The van der Waals surface area contributed by atoms with Gasteiger partial charge < -0.3 is 9.73 Å². The Labute approximate surface area is 188 Å². The molecule has 1 aliphatic heterocycles. The third-order valence-corrected chi connectivity index (χ3v) is 7.89. The molecule has 3 heterocycles. The number of hydrogen-bond acceptors (Lipinski definition) is 4. The summed E-state index contributed by atoms with van der Waals surface area (Å²) in [6, 6.07) is 7.76. The summed E-state index contributed by atoms with van der Waals surface area (Å²) in [7, 11) is -0.741. The van der Waals surface area contributed by atoms with E-state index < -0.39 is 10.8 Å². The molecular weight excluding hydrogens is 434 g/mol. The zero-order valence-electron chi connectivity index (χ0n) is 17.3. The third kappa shape index (κ3) is 4.08. The molecule has 2 aliphatic rings. The Morgan fingerprint density at radius 3 is 2.87 bits per heavy atom. The smallest absolute Gasteiger partial charge is 0.287 e. The van der Waals surface area contributed by atoms with Crippen molar-refractivity contribution in [3.8, 4) is 11.3 Å². The summed E-state index contributed by atoms with van der Waals surface area (Å²) >= 11 is 5.99. The van der Waals surface area contributed by atoms with E-state index in [9.17, 15) is 9.00 Å². The number of carbonyl (C=O) groups excluding carboxylic acids is 1. The Bertz CT molecular complexity index is 1170. The maximum atomic E-state index is 12.8. The maximum Gasteiger partial charge on any atom is 0.287 e. The molecule has 0 bridgehead atoms. The number of benzene rings is 1. The number of amides is 1. The van der Waals surface area contributed by atoms with Crippen molar-refractivity contribution in [1.82, 2.24) is 15.1 Å². The number of hydrogen-bond donors (Lipinski definition) is 1. The lowest BCUT2D eigenvalue weighted by Crippen LogP contribution is -2.29. The van der Waals surface area contributed by atoms with Gasteiger partial charge in [0.25, 0.3) is 5.91 Å². The highest BCUT2D eigenvalue weighted by molar-refractivity contribution is 7.85. The van der Waals surface area contributed by atoms with Gasteiger partial charge in [-0.15, -0.1) is 0 Å². The van der Waals surface area contributed by atoms with Crippen molar-refractivity contribution < 1.29 is 13.4 Å². The number of fused-ring (bicyclic) bond motifs is 3. The van der Waals surface area contributed by atoms with E-state index in [0.717, 1.165) is 53.2 Å². The molecule has 5 rings (SSSR count). The lowest BCUT2D eigenvalue weighted by atomic mass is 9.93. The molecule has 1 aromatic carbocycles. The van der Waals surface area contributed by atoms with Gasteiger partial charge in [-0.3, -0.25) is 13.7 Å². The summed E-state index contributed by atoms with van der Waals surface area (Å²) in [5, 5.41) is 8.51. The first-order valence-corrected chi connectivity index (χ1v) is 12.4. The van der Waals surface area contributed by atoms with Gasteiger partial charge in [0.2, 0.25) is 0 Å². The van der Waals surface area contributed by atoms with Crippen LogP contribution < -0.4 is 5.32 Å². The fraction of sp³-hybridized carbons (Fsp3) is 0.391. The summed E-state index contributed by atoms with van der Waals surface area (Å²) in [5.41, 5.74) is 4.98. The molecule has 1 amide bonds. The molecule has 2 aromatic heterocycles. The fourth-order valence-electron chi connectivity index (χ4n) is 4.44. The molecule has 0 saturated carbocycles. The van der Waals surface area contributed by atoms with Gasteiger partial charge in [-0.2, -0.15) is 5.10 Å². The molecule has 2 atom stereocenters. The second-order valence-electron chi connectivity index (χ2n) is 8.36. The van der Waals surface area contributed by atoms with Crippen molar-refractivity contribution in [3.05, 3.63) is 63.7 Å². The molecule has 162 valence electrons. The van der Waals surface area contributed by atoms with Gasteiger partial charge in [0.1, 0.15) is 5.76 Å². The van der Waals surface area contributed by atoms with Gasteiger partial charge in [0, 0.05) is 57.6 Å². The number of furan rings is 1. The second-order valence-corrected chi connectivity index (χ2v) is 10.4. The van der Waals surface area contributed by atoms with E-state index in [1.807, 2.05) is 35.9 Å². The molecule has 1 saturated heterocycles. The molecule has 6 nitrogen and oxygen atoms in total. The predicted octanol–water partition coefficient (Wildman–Crippen LogP) is 3.75. The lowest BCUT2D eigenvalue weighted by Gasteiger charge is -2.09. The van der Waals surface area contributed by atoms with Crippen molar-refractivity contribution in [2.75, 3.05) is 18.1 Å². The Kier molecular flexibility index (Phi) is 5.48. The number of carbonyl (C=O) groups is 1. The maximum absolute atomic E-state index is 12.8. The van der Waals surface area contributed by atoms with E-state index in [1.165, 1.54) is 5.56 Å². The van der Waals surface area contributed by atoms with Crippen LogP contribution in [-0.4, -0.2) is 37.9 Å². The largest absolute Gasteiger partial charge is 0.455 e. The first kappa shape index (κ1) is 20.5. The first-order chi connectivity index (χ1) is 15.0. The van der Waals surface area contributed by atoms with E-state index in [0.29, 0.717) is 29.6 Å². The van der Waals surface area contributed by atoms with Crippen LogP contribution in [0.1, 0.15) is 39.4 Å². The average molecular weight is 458 g/mol. The third-order valence-electron chi connectivity index (χ3n) is 6.11. The summed E-state index contributed by atoms with van der Waals surface area (Å²) in [6.07, 6.45) is 4.57. The van der Waals surface area contributed by atoms with Crippen LogP contribution in [0.4, 0.5) is 0 Å². The monoisotopic (exact) mass is 457 g/mol. The summed E-state index contributed by atoms with van der Waals surface area (Å²) in [4.78, 5) is 12.8. The van der Waals surface area contributed by atoms with Gasteiger partial charge in [0.15, 0.2) is 5.76 Å². The molecule has 1 fully saturated rings. The Balaban J connectivity index is 1.36. The fourth-order valence-corrected chi connectivity index (χ4v) is 6.14. The van der Waals surface area contributed by atoms with Crippen molar-refractivity contribution in [2.45, 2.75) is 32.7 Å². The SMILES string of the molecule is Cc1c(C(=O)NCC2CCS(=O)C2)oc2c1-c1nn(Cc3ccc(Cl)cc3)cc1CC2. The number of aromatic nitrogens is 2. The van der Waals surface area contributed by atoms with Crippen LogP contribution in [-0.2, 0) is 30.2 Å². The quantitative estimate of drug-likeness (QED) is 0.633. The van der Waals surface area contributed by atoms with Crippen LogP contribution >= 0.6 is 11.6 Å². The molecule has 1 N–H and O–H groups in total. The Morgan fingerprint density at radius 1 is 1.32 bits per heavy atom. The molecule has 2 unspecified atom stereocenters. The molecule has 3 aromatic rings. The van der Waals surface area contributed by atoms with Crippen LogP contribution in [0.15, 0.2) is 34.9 Å². The lowest BCUT2D eigenvalue weighted by molar-refractivity contribution is 0.0918. The van der Waals surface area contributed by atoms with Crippen molar-refractivity contribution >= 4 is 28.3 Å².